The average Bonchev–Trinajstić information content (AvgIpc) is 2.69. The lowest BCUT2D eigenvalue weighted by molar-refractivity contribution is 0.0681. The van der Waals surface area contributed by atoms with Crippen molar-refractivity contribution in [3.8, 4) is 0 Å². The number of furan rings is 1. The predicted octanol–water partition coefficient (Wildman–Crippen LogP) is 1.39. The lowest BCUT2D eigenvalue weighted by Crippen LogP contribution is -2.29. The molecule has 0 bridgehead atoms. The summed E-state index contributed by atoms with van der Waals surface area (Å²) in [6, 6.07) is 3.35. The van der Waals surface area contributed by atoms with E-state index in [-0.39, 0.29) is 5.91 Å². The van der Waals surface area contributed by atoms with Gasteiger partial charge in [0.15, 0.2) is 5.76 Å². The lowest BCUT2D eigenvalue weighted by atomic mass is 10.4. The molecule has 1 aromatic rings. The summed E-state index contributed by atoms with van der Waals surface area (Å²) in [6.07, 6.45) is 1.49. The normalized spacial score (nSPS) is 10.1. The Kier molecular flexibility index (Phi) is 4.19. The fourth-order valence-corrected chi connectivity index (χ4v) is 1.04. The standard InChI is InChI=1S/C10H15NO3/c1-3-13-8-6-11(2)10(12)9-5-4-7-14-9/h4-5,7H,3,6,8H2,1-2H3. The summed E-state index contributed by atoms with van der Waals surface area (Å²) in [4.78, 5) is 13.2. The van der Waals surface area contributed by atoms with Crippen LogP contribution in [-0.4, -0.2) is 37.6 Å². The van der Waals surface area contributed by atoms with Crippen molar-refractivity contribution in [3.05, 3.63) is 24.2 Å². The van der Waals surface area contributed by atoms with E-state index in [1.807, 2.05) is 6.92 Å². The predicted molar refractivity (Wildman–Crippen MR) is 52.2 cm³/mol. The molecule has 1 rings (SSSR count). The summed E-state index contributed by atoms with van der Waals surface area (Å²) in [7, 11) is 1.73. The minimum atomic E-state index is -0.116. The smallest absolute Gasteiger partial charge is 0.289 e. The van der Waals surface area contributed by atoms with Crippen molar-refractivity contribution >= 4 is 5.91 Å². The molecule has 0 N–H and O–H groups in total. The second kappa shape index (κ2) is 5.44. The summed E-state index contributed by atoms with van der Waals surface area (Å²) in [5.74, 6) is 0.249. The van der Waals surface area contributed by atoms with Crippen LogP contribution in [0.5, 0.6) is 0 Å². The topological polar surface area (TPSA) is 42.7 Å². The van der Waals surface area contributed by atoms with Crippen molar-refractivity contribution in [2.45, 2.75) is 6.92 Å². The van der Waals surface area contributed by atoms with Gasteiger partial charge in [0.05, 0.1) is 12.9 Å². The van der Waals surface area contributed by atoms with E-state index in [0.717, 1.165) is 0 Å². The van der Waals surface area contributed by atoms with E-state index in [4.69, 9.17) is 9.15 Å². The van der Waals surface area contributed by atoms with Crippen molar-refractivity contribution in [3.63, 3.8) is 0 Å². The van der Waals surface area contributed by atoms with Gasteiger partial charge < -0.3 is 14.1 Å². The quantitative estimate of drug-likeness (QED) is 0.670. The van der Waals surface area contributed by atoms with Crippen LogP contribution in [0.4, 0.5) is 0 Å². The molecule has 0 aliphatic carbocycles. The molecule has 0 unspecified atom stereocenters. The molecule has 1 aromatic heterocycles. The van der Waals surface area contributed by atoms with Gasteiger partial charge in [-0.25, -0.2) is 0 Å². The lowest BCUT2D eigenvalue weighted by Gasteiger charge is -2.14. The van der Waals surface area contributed by atoms with E-state index in [1.165, 1.54) is 6.26 Å². The first-order valence-corrected chi connectivity index (χ1v) is 4.62. The molecule has 4 heteroatoms. The first-order chi connectivity index (χ1) is 6.75. The highest BCUT2D eigenvalue weighted by Gasteiger charge is 2.13. The average molecular weight is 197 g/mol. The third kappa shape index (κ3) is 2.88. The van der Waals surface area contributed by atoms with E-state index >= 15 is 0 Å². The molecule has 0 saturated heterocycles. The molecule has 0 aliphatic rings. The fourth-order valence-electron chi connectivity index (χ4n) is 1.04. The van der Waals surface area contributed by atoms with Crippen molar-refractivity contribution in [1.29, 1.82) is 0 Å². The van der Waals surface area contributed by atoms with Crippen LogP contribution in [0.3, 0.4) is 0 Å². The van der Waals surface area contributed by atoms with Crippen LogP contribution in [0.15, 0.2) is 22.8 Å². The number of amides is 1. The molecule has 1 amide bonds. The zero-order valence-corrected chi connectivity index (χ0v) is 8.53. The molecule has 0 radical (unpaired) electrons. The molecule has 0 aromatic carbocycles. The second-order valence-electron chi connectivity index (χ2n) is 2.90. The largest absolute Gasteiger partial charge is 0.459 e. The van der Waals surface area contributed by atoms with Gasteiger partial charge >= 0.3 is 0 Å². The minimum absolute atomic E-state index is 0.116. The van der Waals surface area contributed by atoms with Gasteiger partial charge in [-0.3, -0.25) is 4.79 Å². The van der Waals surface area contributed by atoms with Crippen LogP contribution in [0.1, 0.15) is 17.5 Å². The van der Waals surface area contributed by atoms with Crippen molar-refractivity contribution in [2.75, 3.05) is 26.8 Å². The van der Waals surface area contributed by atoms with Gasteiger partial charge in [0.1, 0.15) is 0 Å². The first kappa shape index (κ1) is 10.8. The van der Waals surface area contributed by atoms with Crippen molar-refractivity contribution in [2.24, 2.45) is 0 Å². The second-order valence-corrected chi connectivity index (χ2v) is 2.90. The summed E-state index contributed by atoms with van der Waals surface area (Å²) in [5, 5.41) is 0. The maximum absolute atomic E-state index is 11.6. The minimum Gasteiger partial charge on any atom is -0.459 e. The van der Waals surface area contributed by atoms with E-state index < -0.39 is 0 Å². The van der Waals surface area contributed by atoms with Gasteiger partial charge in [-0.15, -0.1) is 0 Å². The zero-order valence-electron chi connectivity index (χ0n) is 8.53. The van der Waals surface area contributed by atoms with Crippen LogP contribution in [0.2, 0.25) is 0 Å². The molecule has 0 fully saturated rings. The van der Waals surface area contributed by atoms with Gasteiger partial charge in [-0.2, -0.15) is 0 Å². The van der Waals surface area contributed by atoms with Crippen LogP contribution < -0.4 is 0 Å². The highest BCUT2D eigenvalue weighted by atomic mass is 16.5. The highest BCUT2D eigenvalue weighted by molar-refractivity contribution is 5.91. The number of likely N-dealkylation sites (N-methyl/N-ethyl adjacent to an activating group) is 1. The number of carbonyl (C=O) groups is 1. The highest BCUT2D eigenvalue weighted by Crippen LogP contribution is 2.03. The Hall–Kier alpha value is -1.29. The summed E-state index contributed by atoms with van der Waals surface area (Å²) in [6.45, 7) is 3.73. The van der Waals surface area contributed by atoms with Gasteiger partial charge in [-0.05, 0) is 19.1 Å². The molecule has 14 heavy (non-hydrogen) atoms. The molecule has 0 saturated carbocycles. The van der Waals surface area contributed by atoms with E-state index in [2.05, 4.69) is 0 Å². The summed E-state index contributed by atoms with van der Waals surface area (Å²) < 4.78 is 10.1. The van der Waals surface area contributed by atoms with Crippen molar-refractivity contribution < 1.29 is 13.9 Å². The number of hydrogen-bond acceptors (Lipinski definition) is 3. The number of carbonyl (C=O) groups excluding carboxylic acids is 1. The van der Waals surface area contributed by atoms with Crippen molar-refractivity contribution in [1.82, 2.24) is 4.90 Å². The molecular weight excluding hydrogens is 182 g/mol. The molecule has 0 atom stereocenters. The maximum atomic E-state index is 11.6. The van der Waals surface area contributed by atoms with Crippen LogP contribution in [0, 0.1) is 0 Å². The molecule has 0 spiro atoms. The van der Waals surface area contributed by atoms with Gasteiger partial charge in [0.2, 0.25) is 0 Å². The Bertz CT molecular complexity index is 269. The van der Waals surface area contributed by atoms with Gasteiger partial charge in [-0.1, -0.05) is 0 Å². The first-order valence-electron chi connectivity index (χ1n) is 4.62. The molecule has 1 heterocycles. The molecule has 4 nitrogen and oxygen atoms in total. The Morgan fingerprint density at radius 3 is 3.00 bits per heavy atom. The summed E-state index contributed by atoms with van der Waals surface area (Å²) in [5.41, 5.74) is 0. The summed E-state index contributed by atoms with van der Waals surface area (Å²) >= 11 is 0. The monoisotopic (exact) mass is 197 g/mol. The molecular formula is C10H15NO3. The van der Waals surface area contributed by atoms with Crippen LogP contribution in [0.25, 0.3) is 0 Å². The Morgan fingerprint density at radius 2 is 2.43 bits per heavy atom. The SMILES string of the molecule is CCOCCN(C)C(=O)c1ccco1. The number of hydrogen-bond donors (Lipinski definition) is 0. The van der Waals surface area contributed by atoms with Crippen LogP contribution in [-0.2, 0) is 4.74 Å². The van der Waals surface area contributed by atoms with E-state index in [9.17, 15) is 4.79 Å². The zero-order chi connectivity index (χ0) is 10.4. The van der Waals surface area contributed by atoms with E-state index in [0.29, 0.717) is 25.5 Å². The third-order valence-corrected chi connectivity index (χ3v) is 1.85. The number of rotatable bonds is 5. The Labute approximate surface area is 83.5 Å². The van der Waals surface area contributed by atoms with Crippen LogP contribution >= 0.6 is 0 Å². The molecule has 0 aliphatic heterocycles. The molecule has 78 valence electrons. The number of ether oxygens (including phenoxy) is 1. The maximum Gasteiger partial charge on any atom is 0.289 e. The van der Waals surface area contributed by atoms with Gasteiger partial charge in [0.25, 0.3) is 5.91 Å². The van der Waals surface area contributed by atoms with E-state index in [1.54, 1.807) is 24.1 Å². The third-order valence-electron chi connectivity index (χ3n) is 1.85. The van der Waals surface area contributed by atoms with Gasteiger partial charge in [0, 0.05) is 20.2 Å². The number of nitrogens with zero attached hydrogens (tertiary/aromatic N) is 1. The Balaban J connectivity index is 2.37. The Morgan fingerprint density at radius 1 is 1.64 bits per heavy atom. The fraction of sp³-hybridized carbons (Fsp3) is 0.500.